The lowest BCUT2D eigenvalue weighted by molar-refractivity contribution is -0.385. The Bertz CT molecular complexity index is 713. The van der Waals surface area contributed by atoms with Gasteiger partial charge in [-0.3, -0.25) is 10.1 Å². The Kier molecular flexibility index (Phi) is 4.43. The summed E-state index contributed by atoms with van der Waals surface area (Å²) in [7, 11) is 0. The summed E-state index contributed by atoms with van der Waals surface area (Å²) >= 11 is 9.27. The Morgan fingerprint density at radius 3 is 2.33 bits per heavy atom. The van der Waals surface area contributed by atoms with Gasteiger partial charge in [0.15, 0.2) is 0 Å². The van der Waals surface area contributed by atoms with Crippen molar-refractivity contribution in [3.63, 3.8) is 0 Å². The molecular formula is C13H12BrClN4O2. The fourth-order valence-electron chi connectivity index (χ4n) is 1.99. The minimum Gasteiger partial charge on any atom is -0.334 e. The highest BCUT2D eigenvalue weighted by atomic mass is 79.9. The van der Waals surface area contributed by atoms with Crippen molar-refractivity contribution in [3.05, 3.63) is 48.8 Å². The van der Waals surface area contributed by atoms with Gasteiger partial charge in [0.1, 0.15) is 5.69 Å². The van der Waals surface area contributed by atoms with Gasteiger partial charge in [-0.15, -0.1) is 0 Å². The van der Waals surface area contributed by atoms with Gasteiger partial charge in [0, 0.05) is 10.2 Å². The van der Waals surface area contributed by atoms with E-state index in [0.29, 0.717) is 5.69 Å². The van der Waals surface area contributed by atoms with Gasteiger partial charge in [-0.05, 0) is 55.6 Å². The molecule has 0 aliphatic carbocycles. The van der Waals surface area contributed by atoms with Crippen LogP contribution in [0.5, 0.6) is 0 Å². The van der Waals surface area contributed by atoms with Crippen LogP contribution in [0.15, 0.2) is 16.6 Å². The van der Waals surface area contributed by atoms with E-state index in [1.54, 1.807) is 0 Å². The average Bonchev–Trinajstić information content (AvgIpc) is 2.34. The van der Waals surface area contributed by atoms with Crippen molar-refractivity contribution >= 4 is 44.7 Å². The molecule has 6 nitrogen and oxygen atoms in total. The zero-order valence-corrected chi connectivity index (χ0v) is 13.9. The van der Waals surface area contributed by atoms with E-state index in [9.17, 15) is 10.1 Å². The molecule has 2 rings (SSSR count). The third kappa shape index (κ3) is 3.30. The third-order valence-corrected chi connectivity index (χ3v) is 4.33. The molecule has 1 N–H and O–H groups in total. The van der Waals surface area contributed by atoms with E-state index in [1.165, 1.54) is 6.92 Å². The lowest BCUT2D eigenvalue weighted by atomic mass is 10.1. The first-order chi connectivity index (χ1) is 9.79. The molecule has 1 aromatic carbocycles. The fraction of sp³-hybridized carbons (Fsp3) is 0.231. The summed E-state index contributed by atoms with van der Waals surface area (Å²) in [4.78, 5) is 18.4. The van der Waals surface area contributed by atoms with Crippen molar-refractivity contribution in [1.82, 2.24) is 9.97 Å². The Balaban J connectivity index is 2.51. The number of nitrogens with one attached hydrogen (secondary N) is 1. The number of benzene rings is 1. The molecular weight excluding hydrogens is 360 g/mol. The summed E-state index contributed by atoms with van der Waals surface area (Å²) in [6, 6.07) is 3.73. The van der Waals surface area contributed by atoms with Crippen molar-refractivity contribution in [2.75, 3.05) is 5.32 Å². The van der Waals surface area contributed by atoms with E-state index in [1.807, 2.05) is 26.0 Å². The number of hydrogen-bond donors (Lipinski definition) is 1. The number of nitrogens with zero attached hydrogens (tertiary/aromatic N) is 3. The number of aromatic nitrogens is 2. The number of hydrogen-bond acceptors (Lipinski definition) is 5. The number of rotatable bonds is 3. The van der Waals surface area contributed by atoms with Crippen molar-refractivity contribution in [3.8, 4) is 0 Å². The van der Waals surface area contributed by atoms with Crippen LogP contribution in [0.25, 0.3) is 0 Å². The van der Waals surface area contributed by atoms with Crippen LogP contribution in [-0.2, 0) is 0 Å². The number of aryl methyl sites for hydroxylation is 3. The first-order valence-electron chi connectivity index (χ1n) is 6.02. The molecule has 0 saturated carbocycles. The molecule has 110 valence electrons. The molecule has 0 fully saturated rings. The van der Waals surface area contributed by atoms with Crippen molar-refractivity contribution in [1.29, 1.82) is 0 Å². The van der Waals surface area contributed by atoms with Crippen LogP contribution in [0.2, 0.25) is 5.28 Å². The lowest BCUT2D eigenvalue weighted by Crippen LogP contribution is -2.04. The van der Waals surface area contributed by atoms with Crippen molar-refractivity contribution < 1.29 is 4.92 Å². The molecule has 8 heteroatoms. The van der Waals surface area contributed by atoms with E-state index in [4.69, 9.17) is 11.6 Å². The largest absolute Gasteiger partial charge is 0.334 e. The molecule has 2 aromatic rings. The predicted molar refractivity (Wildman–Crippen MR) is 85.3 cm³/mol. The number of nitro groups is 1. The van der Waals surface area contributed by atoms with Gasteiger partial charge in [0.05, 0.1) is 4.92 Å². The van der Waals surface area contributed by atoms with Crippen LogP contribution < -0.4 is 5.32 Å². The van der Waals surface area contributed by atoms with E-state index in [2.05, 4.69) is 31.2 Å². The number of anilines is 2. The van der Waals surface area contributed by atoms with E-state index < -0.39 is 4.92 Å². The first kappa shape index (κ1) is 15.7. The second-order valence-electron chi connectivity index (χ2n) is 4.58. The monoisotopic (exact) mass is 370 g/mol. The van der Waals surface area contributed by atoms with Crippen LogP contribution in [0.1, 0.15) is 16.8 Å². The van der Waals surface area contributed by atoms with Gasteiger partial charge in [0.2, 0.25) is 11.1 Å². The van der Waals surface area contributed by atoms with Crippen LogP contribution >= 0.6 is 27.5 Å². The molecule has 0 bridgehead atoms. The molecule has 0 spiro atoms. The van der Waals surface area contributed by atoms with Gasteiger partial charge >= 0.3 is 5.69 Å². The van der Waals surface area contributed by atoms with Gasteiger partial charge in [-0.2, -0.15) is 4.98 Å². The lowest BCUT2D eigenvalue weighted by Gasteiger charge is -2.11. The molecule has 0 atom stereocenters. The number of halogens is 2. The zero-order chi connectivity index (χ0) is 15.7. The maximum absolute atomic E-state index is 11.2. The maximum Gasteiger partial charge on any atom is 0.332 e. The molecule has 0 aliphatic heterocycles. The van der Waals surface area contributed by atoms with Crippen LogP contribution in [0.3, 0.4) is 0 Å². The minimum absolute atomic E-state index is 0.0360. The maximum atomic E-state index is 11.2. The Hall–Kier alpha value is -1.73. The van der Waals surface area contributed by atoms with Crippen molar-refractivity contribution in [2.45, 2.75) is 20.8 Å². The quantitative estimate of drug-likeness (QED) is 0.489. The van der Waals surface area contributed by atoms with Crippen LogP contribution in [-0.4, -0.2) is 14.9 Å². The van der Waals surface area contributed by atoms with E-state index in [-0.39, 0.29) is 22.5 Å². The SMILES string of the molecule is Cc1cc(Nc2nc(Cl)nc(C)c2[N+](=O)[O-])cc(C)c1Br. The summed E-state index contributed by atoms with van der Waals surface area (Å²) in [5.41, 5.74) is 2.75. The standard InChI is InChI=1S/C13H12BrClN4O2/c1-6-4-9(5-7(2)10(6)14)17-12-11(19(20)21)8(3)16-13(15)18-12/h4-5H,1-3H3,(H,16,17,18). The van der Waals surface area contributed by atoms with Gasteiger partial charge in [0.25, 0.3) is 0 Å². The summed E-state index contributed by atoms with van der Waals surface area (Å²) in [6.07, 6.45) is 0. The molecule has 1 heterocycles. The second-order valence-corrected chi connectivity index (χ2v) is 5.71. The highest BCUT2D eigenvalue weighted by molar-refractivity contribution is 9.10. The highest BCUT2D eigenvalue weighted by Crippen LogP contribution is 2.31. The van der Waals surface area contributed by atoms with E-state index in [0.717, 1.165) is 15.6 Å². The van der Waals surface area contributed by atoms with Gasteiger partial charge in [-0.25, -0.2) is 4.98 Å². The van der Waals surface area contributed by atoms with Crippen molar-refractivity contribution in [2.24, 2.45) is 0 Å². The molecule has 0 radical (unpaired) electrons. The Morgan fingerprint density at radius 1 is 1.24 bits per heavy atom. The molecule has 0 saturated heterocycles. The summed E-state index contributed by atoms with van der Waals surface area (Å²) < 4.78 is 0.999. The fourth-order valence-corrected chi connectivity index (χ4v) is 2.43. The Labute approximate surface area is 134 Å². The summed E-state index contributed by atoms with van der Waals surface area (Å²) in [5, 5.41) is 14.1. The molecule has 0 unspecified atom stereocenters. The topological polar surface area (TPSA) is 81.0 Å². The smallest absolute Gasteiger partial charge is 0.332 e. The zero-order valence-electron chi connectivity index (χ0n) is 11.6. The predicted octanol–water partition coefficient (Wildman–Crippen LogP) is 4.47. The van der Waals surface area contributed by atoms with Crippen LogP contribution in [0, 0.1) is 30.9 Å². The highest BCUT2D eigenvalue weighted by Gasteiger charge is 2.22. The third-order valence-electron chi connectivity index (χ3n) is 2.91. The Morgan fingerprint density at radius 2 is 1.81 bits per heavy atom. The summed E-state index contributed by atoms with van der Waals surface area (Å²) in [6.45, 7) is 5.40. The molecule has 21 heavy (non-hydrogen) atoms. The van der Waals surface area contributed by atoms with E-state index >= 15 is 0 Å². The van der Waals surface area contributed by atoms with Gasteiger partial charge in [-0.1, -0.05) is 15.9 Å². The van der Waals surface area contributed by atoms with Crippen LogP contribution in [0.4, 0.5) is 17.2 Å². The molecule has 0 aliphatic rings. The first-order valence-corrected chi connectivity index (χ1v) is 7.19. The summed E-state index contributed by atoms with van der Waals surface area (Å²) in [5.74, 6) is 0.0821. The minimum atomic E-state index is -0.521. The average molecular weight is 372 g/mol. The normalized spacial score (nSPS) is 10.5. The second kappa shape index (κ2) is 5.95. The van der Waals surface area contributed by atoms with Gasteiger partial charge < -0.3 is 5.32 Å². The molecule has 1 aromatic heterocycles. The molecule has 0 amide bonds.